The van der Waals surface area contributed by atoms with Crippen molar-refractivity contribution in [3.63, 3.8) is 0 Å². The molecule has 4 rings (SSSR count). The summed E-state index contributed by atoms with van der Waals surface area (Å²) in [6, 6.07) is 19.5. The van der Waals surface area contributed by atoms with Crippen LogP contribution in [0.4, 0.5) is 0 Å². The number of ether oxygens (including phenoxy) is 1. The Morgan fingerprint density at radius 2 is 1.87 bits per heavy atom. The minimum Gasteiger partial charge on any atom is -0.457 e. The summed E-state index contributed by atoms with van der Waals surface area (Å²) in [7, 11) is 0. The fraction of sp³-hybridized carbons (Fsp3) is 0.360. The van der Waals surface area contributed by atoms with Crippen LogP contribution < -0.4 is 4.74 Å². The lowest BCUT2D eigenvalue weighted by Gasteiger charge is -2.33. The highest BCUT2D eigenvalue weighted by Gasteiger charge is 2.26. The number of piperidine rings is 1. The fourth-order valence-electron chi connectivity index (χ4n) is 4.08. The number of benzene rings is 2. The van der Waals surface area contributed by atoms with Crippen molar-refractivity contribution in [2.75, 3.05) is 13.1 Å². The first-order valence-corrected chi connectivity index (χ1v) is 11.0. The van der Waals surface area contributed by atoms with Gasteiger partial charge in [-0.1, -0.05) is 25.1 Å². The first-order valence-electron chi connectivity index (χ1n) is 11.0. The quantitative estimate of drug-likeness (QED) is 0.597. The number of aliphatic hydroxyl groups is 1. The van der Waals surface area contributed by atoms with Crippen molar-refractivity contribution in [1.82, 2.24) is 14.7 Å². The van der Waals surface area contributed by atoms with Gasteiger partial charge in [-0.15, -0.1) is 0 Å². The summed E-state index contributed by atoms with van der Waals surface area (Å²) in [6.45, 7) is 3.40. The van der Waals surface area contributed by atoms with Gasteiger partial charge in [0.15, 0.2) is 0 Å². The second-order valence-corrected chi connectivity index (χ2v) is 7.95. The molecule has 6 nitrogen and oxygen atoms in total. The van der Waals surface area contributed by atoms with E-state index in [-0.39, 0.29) is 18.6 Å². The minimum absolute atomic E-state index is 0.0817. The lowest BCUT2D eigenvalue weighted by molar-refractivity contribution is -0.132. The average molecular weight is 420 g/mol. The molecule has 1 saturated heterocycles. The van der Waals surface area contributed by atoms with Crippen molar-refractivity contribution in [2.24, 2.45) is 0 Å². The molecular weight excluding hydrogens is 390 g/mol. The number of aliphatic hydroxyl groups excluding tert-OH is 1. The smallest absolute Gasteiger partial charge is 0.222 e. The van der Waals surface area contributed by atoms with Gasteiger partial charge in [0.25, 0.3) is 0 Å². The van der Waals surface area contributed by atoms with E-state index >= 15 is 0 Å². The van der Waals surface area contributed by atoms with Crippen LogP contribution in [0.15, 0.2) is 60.7 Å². The van der Waals surface area contributed by atoms with E-state index in [1.807, 2.05) is 77.2 Å². The molecule has 31 heavy (non-hydrogen) atoms. The number of carbonyl (C=O) groups is 1. The first-order chi connectivity index (χ1) is 15.2. The van der Waals surface area contributed by atoms with Gasteiger partial charge < -0.3 is 14.7 Å². The number of rotatable bonds is 7. The minimum atomic E-state index is -0.0817. The summed E-state index contributed by atoms with van der Waals surface area (Å²) in [4.78, 5) is 14.3. The summed E-state index contributed by atoms with van der Waals surface area (Å²) in [5.74, 6) is 1.76. The zero-order valence-electron chi connectivity index (χ0n) is 17.9. The average Bonchev–Trinajstić information content (AvgIpc) is 3.25. The van der Waals surface area contributed by atoms with Crippen LogP contribution in [-0.4, -0.2) is 38.8 Å². The zero-order valence-corrected chi connectivity index (χ0v) is 17.9. The summed E-state index contributed by atoms with van der Waals surface area (Å²) in [6.07, 6.45) is 3.35. The summed E-state index contributed by atoms with van der Waals surface area (Å²) in [5, 5.41) is 14.7. The van der Waals surface area contributed by atoms with E-state index in [0.717, 1.165) is 54.3 Å². The molecular formula is C25H29N3O3. The van der Waals surface area contributed by atoms with E-state index in [0.29, 0.717) is 13.0 Å². The van der Waals surface area contributed by atoms with Gasteiger partial charge in [-0.3, -0.25) is 9.48 Å². The maximum Gasteiger partial charge on any atom is 0.222 e. The lowest BCUT2D eigenvalue weighted by Crippen LogP contribution is -2.41. The van der Waals surface area contributed by atoms with E-state index in [2.05, 4.69) is 0 Å². The summed E-state index contributed by atoms with van der Waals surface area (Å²) < 4.78 is 7.78. The molecule has 1 atom stereocenters. The normalized spacial score (nSPS) is 16.3. The van der Waals surface area contributed by atoms with E-state index < -0.39 is 0 Å². The van der Waals surface area contributed by atoms with Crippen molar-refractivity contribution in [3.8, 4) is 22.8 Å². The van der Waals surface area contributed by atoms with Crippen molar-refractivity contribution < 1.29 is 14.6 Å². The van der Waals surface area contributed by atoms with Gasteiger partial charge in [-0.25, -0.2) is 0 Å². The van der Waals surface area contributed by atoms with Crippen molar-refractivity contribution in [1.29, 1.82) is 0 Å². The third-order valence-corrected chi connectivity index (χ3v) is 5.66. The number of nitrogens with zero attached hydrogens (tertiary/aromatic N) is 3. The van der Waals surface area contributed by atoms with Gasteiger partial charge in [0.1, 0.15) is 11.5 Å². The topological polar surface area (TPSA) is 67.6 Å². The largest absolute Gasteiger partial charge is 0.457 e. The number of hydrogen-bond donors (Lipinski definition) is 1. The standard InChI is InChI=1S/C25H29N3O3/c1-2-7-25(30)27-15-6-8-20(17-27)28-21(18-29)16-24(26-28)19-11-13-23(14-12-19)31-22-9-4-3-5-10-22/h3-5,9-14,16,20,29H,2,6-8,15,17-18H2,1H3. The van der Waals surface area contributed by atoms with E-state index in [4.69, 9.17) is 9.84 Å². The van der Waals surface area contributed by atoms with Crippen LogP contribution in [-0.2, 0) is 11.4 Å². The van der Waals surface area contributed by atoms with Crippen molar-refractivity contribution >= 4 is 5.91 Å². The molecule has 1 unspecified atom stereocenters. The number of amides is 1. The molecule has 162 valence electrons. The molecule has 6 heteroatoms. The van der Waals surface area contributed by atoms with Crippen LogP contribution in [0.25, 0.3) is 11.3 Å². The van der Waals surface area contributed by atoms with Crippen LogP contribution in [0.1, 0.15) is 44.3 Å². The number of aromatic nitrogens is 2. The molecule has 2 aromatic carbocycles. The second-order valence-electron chi connectivity index (χ2n) is 7.95. The molecule has 2 heterocycles. The second kappa shape index (κ2) is 9.79. The predicted molar refractivity (Wildman–Crippen MR) is 120 cm³/mol. The summed E-state index contributed by atoms with van der Waals surface area (Å²) >= 11 is 0. The molecule has 0 aliphatic carbocycles. The molecule has 0 spiro atoms. The Hall–Kier alpha value is -3.12. The molecule has 1 fully saturated rings. The van der Waals surface area contributed by atoms with Gasteiger partial charge >= 0.3 is 0 Å². The van der Waals surface area contributed by atoms with E-state index in [1.54, 1.807) is 0 Å². The SMILES string of the molecule is CCCC(=O)N1CCCC(n2nc(-c3ccc(Oc4ccccc4)cc3)cc2CO)C1. The first kappa shape index (κ1) is 21.1. The molecule has 0 saturated carbocycles. The molecule has 0 radical (unpaired) electrons. The monoisotopic (exact) mass is 419 g/mol. The van der Waals surface area contributed by atoms with Crippen molar-refractivity contribution in [2.45, 2.75) is 45.3 Å². The highest BCUT2D eigenvalue weighted by molar-refractivity contribution is 5.76. The lowest BCUT2D eigenvalue weighted by atomic mass is 10.0. The molecule has 3 aromatic rings. The van der Waals surface area contributed by atoms with Crippen LogP contribution in [0.5, 0.6) is 11.5 Å². The van der Waals surface area contributed by atoms with Crippen molar-refractivity contribution in [3.05, 3.63) is 66.4 Å². The third-order valence-electron chi connectivity index (χ3n) is 5.66. The Bertz CT molecular complexity index is 999. The van der Waals surface area contributed by atoms with E-state index in [9.17, 15) is 9.90 Å². The maximum atomic E-state index is 12.4. The number of hydrogen-bond acceptors (Lipinski definition) is 4. The highest BCUT2D eigenvalue weighted by Crippen LogP contribution is 2.29. The number of carbonyl (C=O) groups excluding carboxylic acids is 1. The Morgan fingerprint density at radius 1 is 1.13 bits per heavy atom. The molecule has 1 N–H and O–H groups in total. The molecule has 1 amide bonds. The fourth-order valence-corrected chi connectivity index (χ4v) is 4.08. The number of likely N-dealkylation sites (tertiary alicyclic amines) is 1. The Balaban J connectivity index is 1.51. The van der Waals surface area contributed by atoms with Gasteiger partial charge in [-0.2, -0.15) is 5.10 Å². The van der Waals surface area contributed by atoms with Gasteiger partial charge in [0, 0.05) is 25.1 Å². The number of para-hydroxylation sites is 1. The predicted octanol–water partition coefficient (Wildman–Crippen LogP) is 4.80. The van der Waals surface area contributed by atoms with Gasteiger partial charge in [0.2, 0.25) is 5.91 Å². The Labute approximate surface area is 183 Å². The molecule has 1 aromatic heterocycles. The zero-order chi connectivity index (χ0) is 21.6. The van der Waals surface area contributed by atoms with Crippen LogP contribution in [0.3, 0.4) is 0 Å². The van der Waals surface area contributed by atoms with Crippen LogP contribution in [0, 0.1) is 0 Å². The van der Waals surface area contributed by atoms with Crippen LogP contribution in [0.2, 0.25) is 0 Å². The maximum absolute atomic E-state index is 12.4. The van der Waals surface area contributed by atoms with E-state index in [1.165, 1.54) is 0 Å². The van der Waals surface area contributed by atoms with Gasteiger partial charge in [-0.05, 0) is 61.7 Å². The third kappa shape index (κ3) is 4.97. The molecule has 0 bridgehead atoms. The Morgan fingerprint density at radius 3 is 2.58 bits per heavy atom. The Kier molecular flexibility index (Phi) is 6.67. The molecule has 1 aliphatic heterocycles. The van der Waals surface area contributed by atoms with Gasteiger partial charge in [0.05, 0.1) is 24.0 Å². The van der Waals surface area contributed by atoms with Crippen LogP contribution >= 0.6 is 0 Å². The summed E-state index contributed by atoms with van der Waals surface area (Å²) in [5.41, 5.74) is 2.55. The highest BCUT2D eigenvalue weighted by atomic mass is 16.5. The molecule has 1 aliphatic rings.